The highest BCUT2D eigenvalue weighted by Crippen LogP contribution is 2.35. The molecule has 0 bridgehead atoms. The number of para-hydroxylation sites is 1. The van der Waals surface area contributed by atoms with Crippen LogP contribution in [0.25, 0.3) is 21.8 Å². The number of benzene rings is 2. The third-order valence-corrected chi connectivity index (χ3v) is 4.79. The summed E-state index contributed by atoms with van der Waals surface area (Å²) < 4.78 is 12.8. The predicted molar refractivity (Wildman–Crippen MR) is 102 cm³/mol. The second-order valence-corrected chi connectivity index (χ2v) is 6.23. The van der Waals surface area contributed by atoms with Gasteiger partial charge in [0.15, 0.2) is 11.5 Å². The standard InChI is InChI=1S/C21H20N2O3/c1-13-20-17(9-10-22-13)16-8-7-15(25-2)11-18(16)23(20)12-14-5-4-6-19(26-3)21(14)24/h4-11,24H,12H2,1-3H3. The molecule has 2 heterocycles. The third kappa shape index (κ3) is 2.44. The van der Waals surface area contributed by atoms with E-state index in [1.807, 2.05) is 43.5 Å². The van der Waals surface area contributed by atoms with E-state index in [0.717, 1.165) is 38.8 Å². The summed E-state index contributed by atoms with van der Waals surface area (Å²) in [4.78, 5) is 4.46. The van der Waals surface area contributed by atoms with Crippen LogP contribution in [0, 0.1) is 6.92 Å². The Balaban J connectivity index is 2.00. The van der Waals surface area contributed by atoms with Crippen molar-refractivity contribution in [3.8, 4) is 17.2 Å². The summed E-state index contributed by atoms with van der Waals surface area (Å²) in [7, 11) is 3.22. The SMILES string of the molecule is COc1ccc2c3ccnc(C)c3n(Cc3cccc(OC)c3O)c2c1. The smallest absolute Gasteiger partial charge is 0.162 e. The summed E-state index contributed by atoms with van der Waals surface area (Å²) in [5.41, 5.74) is 3.82. The van der Waals surface area contributed by atoms with Crippen LogP contribution in [0.5, 0.6) is 17.2 Å². The Bertz CT molecular complexity index is 1120. The molecule has 5 heteroatoms. The van der Waals surface area contributed by atoms with Crippen molar-refractivity contribution >= 4 is 21.8 Å². The summed E-state index contributed by atoms with van der Waals surface area (Å²) in [6, 6.07) is 13.6. The van der Waals surface area contributed by atoms with Gasteiger partial charge in [0.05, 0.1) is 37.5 Å². The monoisotopic (exact) mass is 348 g/mol. The zero-order valence-corrected chi connectivity index (χ0v) is 15.0. The minimum atomic E-state index is 0.162. The fourth-order valence-electron chi connectivity index (χ4n) is 3.52. The number of phenolic OH excluding ortho intramolecular Hbond substituents is 1. The van der Waals surface area contributed by atoms with Gasteiger partial charge in [-0.25, -0.2) is 0 Å². The average Bonchev–Trinajstić information content (AvgIpc) is 2.98. The predicted octanol–water partition coefficient (Wildman–Crippen LogP) is 4.27. The molecule has 0 unspecified atom stereocenters. The molecule has 0 aliphatic heterocycles. The molecule has 4 rings (SSSR count). The van der Waals surface area contributed by atoms with Crippen LogP contribution < -0.4 is 9.47 Å². The van der Waals surface area contributed by atoms with Gasteiger partial charge in [-0.2, -0.15) is 0 Å². The number of methoxy groups -OCH3 is 2. The van der Waals surface area contributed by atoms with Gasteiger partial charge in [-0.15, -0.1) is 0 Å². The zero-order chi connectivity index (χ0) is 18.3. The van der Waals surface area contributed by atoms with Crippen LogP contribution in [0.15, 0.2) is 48.7 Å². The second-order valence-electron chi connectivity index (χ2n) is 6.23. The molecule has 0 saturated heterocycles. The van der Waals surface area contributed by atoms with Gasteiger partial charge >= 0.3 is 0 Å². The summed E-state index contributed by atoms with van der Waals surface area (Å²) in [5.74, 6) is 1.42. The molecule has 0 fully saturated rings. The summed E-state index contributed by atoms with van der Waals surface area (Å²) in [6.07, 6.45) is 1.83. The number of ether oxygens (including phenoxy) is 2. The highest BCUT2D eigenvalue weighted by Gasteiger charge is 2.16. The largest absolute Gasteiger partial charge is 0.504 e. The van der Waals surface area contributed by atoms with Crippen molar-refractivity contribution in [2.24, 2.45) is 0 Å². The summed E-state index contributed by atoms with van der Waals surface area (Å²) >= 11 is 0. The number of aromatic hydroxyl groups is 1. The van der Waals surface area contributed by atoms with Crippen molar-refractivity contribution < 1.29 is 14.6 Å². The van der Waals surface area contributed by atoms with Crippen LogP contribution >= 0.6 is 0 Å². The lowest BCUT2D eigenvalue weighted by Crippen LogP contribution is -2.02. The number of pyridine rings is 1. The van der Waals surface area contributed by atoms with Crippen LogP contribution in [0.3, 0.4) is 0 Å². The molecule has 0 saturated carbocycles. The highest BCUT2D eigenvalue weighted by molar-refractivity contribution is 6.09. The maximum absolute atomic E-state index is 10.5. The normalized spacial score (nSPS) is 11.2. The lowest BCUT2D eigenvalue weighted by molar-refractivity contribution is 0.370. The van der Waals surface area contributed by atoms with E-state index in [2.05, 4.69) is 15.6 Å². The van der Waals surface area contributed by atoms with Gasteiger partial charge in [0.1, 0.15) is 5.75 Å². The van der Waals surface area contributed by atoms with E-state index in [-0.39, 0.29) is 5.75 Å². The van der Waals surface area contributed by atoms with Gasteiger partial charge in [0.25, 0.3) is 0 Å². The molecule has 0 aliphatic rings. The van der Waals surface area contributed by atoms with Gasteiger partial charge in [0.2, 0.25) is 0 Å². The van der Waals surface area contributed by atoms with E-state index in [9.17, 15) is 5.11 Å². The first-order chi connectivity index (χ1) is 12.6. The maximum Gasteiger partial charge on any atom is 0.162 e. The topological polar surface area (TPSA) is 56.5 Å². The van der Waals surface area contributed by atoms with Crippen molar-refractivity contribution in [2.45, 2.75) is 13.5 Å². The molecule has 0 atom stereocenters. The Labute approximate surface area is 151 Å². The van der Waals surface area contributed by atoms with Crippen LogP contribution in [0.1, 0.15) is 11.3 Å². The second kappa shape index (κ2) is 6.26. The number of aromatic nitrogens is 2. The molecule has 1 N–H and O–H groups in total. The van der Waals surface area contributed by atoms with E-state index >= 15 is 0 Å². The number of fused-ring (bicyclic) bond motifs is 3. The van der Waals surface area contributed by atoms with Crippen molar-refractivity contribution in [1.29, 1.82) is 0 Å². The van der Waals surface area contributed by atoms with Gasteiger partial charge in [-0.1, -0.05) is 12.1 Å². The summed E-state index contributed by atoms with van der Waals surface area (Å²) in [6.45, 7) is 2.50. The number of hydrogen-bond acceptors (Lipinski definition) is 4. The zero-order valence-electron chi connectivity index (χ0n) is 15.0. The van der Waals surface area contributed by atoms with E-state index in [0.29, 0.717) is 12.3 Å². The fraction of sp³-hybridized carbons (Fsp3) is 0.190. The maximum atomic E-state index is 10.5. The fourth-order valence-corrected chi connectivity index (χ4v) is 3.52. The molecule has 0 spiro atoms. The molecular formula is C21H20N2O3. The molecule has 0 radical (unpaired) electrons. The van der Waals surface area contributed by atoms with Crippen LogP contribution in [-0.4, -0.2) is 28.9 Å². The van der Waals surface area contributed by atoms with Gasteiger partial charge in [-0.05, 0) is 31.2 Å². The molecule has 26 heavy (non-hydrogen) atoms. The van der Waals surface area contributed by atoms with Crippen molar-refractivity contribution in [3.63, 3.8) is 0 Å². The molecule has 0 aliphatic carbocycles. The van der Waals surface area contributed by atoms with E-state index in [1.54, 1.807) is 20.3 Å². The summed E-state index contributed by atoms with van der Waals surface area (Å²) in [5, 5.41) is 12.8. The van der Waals surface area contributed by atoms with Crippen LogP contribution in [0.2, 0.25) is 0 Å². The molecular weight excluding hydrogens is 328 g/mol. The van der Waals surface area contributed by atoms with Crippen molar-refractivity contribution in [3.05, 3.63) is 59.9 Å². The van der Waals surface area contributed by atoms with E-state index < -0.39 is 0 Å². The minimum Gasteiger partial charge on any atom is -0.504 e. The number of nitrogens with zero attached hydrogens (tertiary/aromatic N) is 2. The molecule has 0 amide bonds. The van der Waals surface area contributed by atoms with E-state index in [4.69, 9.17) is 9.47 Å². The first kappa shape index (κ1) is 16.3. The number of aryl methyl sites for hydroxylation is 1. The number of hydrogen-bond donors (Lipinski definition) is 1. The minimum absolute atomic E-state index is 0.162. The molecule has 4 aromatic rings. The Morgan fingerprint density at radius 1 is 1.04 bits per heavy atom. The van der Waals surface area contributed by atoms with Gasteiger partial charge < -0.3 is 19.1 Å². The quantitative estimate of drug-likeness (QED) is 0.598. The van der Waals surface area contributed by atoms with Gasteiger partial charge in [-0.3, -0.25) is 4.98 Å². The Hall–Kier alpha value is -3.21. The lowest BCUT2D eigenvalue weighted by atomic mass is 10.1. The Morgan fingerprint density at radius 2 is 1.88 bits per heavy atom. The third-order valence-electron chi connectivity index (χ3n) is 4.79. The number of phenols is 1. The lowest BCUT2D eigenvalue weighted by Gasteiger charge is -2.12. The molecule has 2 aromatic heterocycles. The first-order valence-electron chi connectivity index (χ1n) is 8.40. The molecule has 2 aromatic carbocycles. The van der Waals surface area contributed by atoms with Gasteiger partial charge in [0, 0.05) is 28.6 Å². The molecule has 132 valence electrons. The van der Waals surface area contributed by atoms with E-state index in [1.165, 1.54) is 0 Å². The Kier molecular flexibility index (Phi) is 3.92. The highest BCUT2D eigenvalue weighted by atomic mass is 16.5. The van der Waals surface area contributed by atoms with Crippen LogP contribution in [-0.2, 0) is 6.54 Å². The van der Waals surface area contributed by atoms with Crippen molar-refractivity contribution in [1.82, 2.24) is 9.55 Å². The average molecular weight is 348 g/mol. The van der Waals surface area contributed by atoms with Crippen molar-refractivity contribution in [2.75, 3.05) is 14.2 Å². The van der Waals surface area contributed by atoms with Crippen LogP contribution in [0.4, 0.5) is 0 Å². The Morgan fingerprint density at radius 3 is 2.65 bits per heavy atom. The first-order valence-corrected chi connectivity index (χ1v) is 8.40. The molecule has 5 nitrogen and oxygen atoms in total. The number of rotatable bonds is 4.